The highest BCUT2D eigenvalue weighted by Gasteiger charge is 2.12. The molecule has 0 spiro atoms. The molecule has 118 valence electrons. The van der Waals surface area contributed by atoms with Crippen LogP contribution in [0, 0.1) is 0 Å². The van der Waals surface area contributed by atoms with Crippen molar-refractivity contribution in [2.24, 2.45) is 0 Å². The number of unbranched alkanes of at least 4 members (excludes halogenated alkanes) is 2. The molecule has 4 heteroatoms. The predicted octanol–water partition coefficient (Wildman–Crippen LogP) is 3.69. The van der Waals surface area contributed by atoms with Gasteiger partial charge in [-0.2, -0.15) is 0 Å². The van der Waals surface area contributed by atoms with Crippen LogP contribution in [-0.2, 0) is 6.42 Å². The van der Waals surface area contributed by atoms with Gasteiger partial charge < -0.3 is 11.1 Å². The van der Waals surface area contributed by atoms with Gasteiger partial charge in [-0.3, -0.25) is 4.79 Å². The minimum Gasteiger partial charge on any atom is -0.398 e. The molecule has 3 N–H and O–H groups in total. The highest BCUT2D eigenvalue weighted by molar-refractivity contribution is 6.00. The predicted molar refractivity (Wildman–Crippen MR) is 92.0 cm³/mol. The fraction of sp³-hybridized carbons (Fsp3) is 0.444. The summed E-state index contributed by atoms with van der Waals surface area (Å²) in [6, 6.07) is 7.73. The molecule has 0 atom stereocenters. The number of nitrogens with two attached hydrogens (primary N) is 1. The van der Waals surface area contributed by atoms with Gasteiger partial charge in [0.2, 0.25) is 0 Å². The van der Waals surface area contributed by atoms with Gasteiger partial charge in [0.25, 0.3) is 5.91 Å². The Balaban J connectivity index is 2.37. The first-order valence-electron chi connectivity index (χ1n) is 8.13. The number of anilines is 1. The molecule has 1 amide bonds. The Hall–Kier alpha value is -2.10. The lowest BCUT2D eigenvalue weighted by atomic mass is 10.0. The second-order valence-electron chi connectivity index (χ2n) is 5.62. The number of rotatable bonds is 7. The van der Waals surface area contributed by atoms with E-state index < -0.39 is 0 Å². The van der Waals surface area contributed by atoms with Crippen LogP contribution >= 0.6 is 0 Å². The van der Waals surface area contributed by atoms with E-state index >= 15 is 0 Å². The van der Waals surface area contributed by atoms with E-state index in [1.807, 2.05) is 19.1 Å². The van der Waals surface area contributed by atoms with E-state index in [0.717, 1.165) is 30.2 Å². The molecule has 0 saturated heterocycles. The number of para-hydroxylation sites is 1. The van der Waals surface area contributed by atoms with Crippen molar-refractivity contribution < 1.29 is 4.79 Å². The molecule has 0 aliphatic heterocycles. The third-order valence-corrected chi connectivity index (χ3v) is 3.77. The number of aryl methyl sites for hydroxylation is 1. The van der Waals surface area contributed by atoms with E-state index in [4.69, 9.17) is 5.73 Å². The molecular formula is C18H25N3O. The normalized spacial score (nSPS) is 10.8. The van der Waals surface area contributed by atoms with Crippen molar-refractivity contribution in [1.29, 1.82) is 0 Å². The second-order valence-corrected chi connectivity index (χ2v) is 5.62. The van der Waals surface area contributed by atoms with E-state index in [-0.39, 0.29) is 5.91 Å². The summed E-state index contributed by atoms with van der Waals surface area (Å²) in [6.45, 7) is 4.86. The molecule has 1 aromatic heterocycles. The van der Waals surface area contributed by atoms with Crippen molar-refractivity contribution >= 4 is 22.5 Å². The molecular weight excluding hydrogens is 274 g/mol. The molecule has 0 aliphatic carbocycles. The van der Waals surface area contributed by atoms with Crippen molar-refractivity contribution in [2.75, 3.05) is 12.3 Å². The van der Waals surface area contributed by atoms with E-state index in [1.165, 1.54) is 18.4 Å². The fourth-order valence-electron chi connectivity index (χ4n) is 2.55. The van der Waals surface area contributed by atoms with Crippen molar-refractivity contribution in [2.45, 2.75) is 46.0 Å². The summed E-state index contributed by atoms with van der Waals surface area (Å²) in [5.74, 6) is -0.154. The molecule has 0 radical (unpaired) electrons. The van der Waals surface area contributed by atoms with Gasteiger partial charge in [-0.05, 0) is 30.9 Å². The van der Waals surface area contributed by atoms with Gasteiger partial charge in [0.1, 0.15) is 5.69 Å². The average molecular weight is 299 g/mol. The summed E-state index contributed by atoms with van der Waals surface area (Å²) >= 11 is 0. The van der Waals surface area contributed by atoms with Gasteiger partial charge in [0.05, 0.1) is 5.52 Å². The van der Waals surface area contributed by atoms with E-state index in [9.17, 15) is 4.79 Å². The number of amides is 1. The number of benzene rings is 1. The van der Waals surface area contributed by atoms with Gasteiger partial charge >= 0.3 is 0 Å². The zero-order valence-electron chi connectivity index (χ0n) is 13.5. The third kappa shape index (κ3) is 3.75. The summed E-state index contributed by atoms with van der Waals surface area (Å²) in [5.41, 5.74) is 9.18. The van der Waals surface area contributed by atoms with Crippen LogP contribution in [0.1, 0.15) is 55.6 Å². The fourth-order valence-corrected chi connectivity index (χ4v) is 2.55. The molecule has 0 fully saturated rings. The van der Waals surface area contributed by atoms with Gasteiger partial charge in [-0.15, -0.1) is 0 Å². The summed E-state index contributed by atoms with van der Waals surface area (Å²) in [6.07, 6.45) is 5.38. The number of hydrogen-bond donors (Lipinski definition) is 2. The Kier molecular flexibility index (Phi) is 5.75. The standard InChI is InChI=1S/C18H25N3O/c1-3-5-6-8-13-9-7-10-14-15(19)12-16(21-17(13)14)18(22)20-11-4-2/h7,9-10,12H,3-6,8,11H2,1-2H3,(H2,19,21)(H,20,22). The Morgan fingerprint density at radius 3 is 2.77 bits per heavy atom. The number of carbonyl (C=O) groups excluding carboxylic acids is 1. The van der Waals surface area contributed by atoms with Gasteiger partial charge in [0.15, 0.2) is 0 Å². The molecule has 2 rings (SSSR count). The maximum absolute atomic E-state index is 12.1. The first-order chi connectivity index (χ1) is 10.7. The van der Waals surface area contributed by atoms with Crippen LogP contribution in [0.3, 0.4) is 0 Å². The van der Waals surface area contributed by atoms with E-state index in [2.05, 4.69) is 23.3 Å². The van der Waals surface area contributed by atoms with Crippen LogP contribution in [0.2, 0.25) is 0 Å². The molecule has 0 bridgehead atoms. The van der Waals surface area contributed by atoms with Gasteiger partial charge in [-0.1, -0.05) is 44.9 Å². The first kappa shape index (κ1) is 16.3. The van der Waals surface area contributed by atoms with Gasteiger partial charge in [-0.25, -0.2) is 4.98 Å². The third-order valence-electron chi connectivity index (χ3n) is 3.77. The minimum atomic E-state index is -0.154. The van der Waals surface area contributed by atoms with Crippen molar-refractivity contribution in [3.8, 4) is 0 Å². The molecule has 22 heavy (non-hydrogen) atoms. The van der Waals surface area contributed by atoms with Crippen LogP contribution in [0.4, 0.5) is 5.69 Å². The lowest BCUT2D eigenvalue weighted by Gasteiger charge is -2.10. The number of nitrogens with zero attached hydrogens (tertiary/aromatic N) is 1. The largest absolute Gasteiger partial charge is 0.398 e. The molecule has 2 aromatic rings. The Morgan fingerprint density at radius 2 is 2.05 bits per heavy atom. The number of hydrogen-bond acceptors (Lipinski definition) is 3. The zero-order valence-corrected chi connectivity index (χ0v) is 13.5. The molecule has 0 unspecified atom stereocenters. The van der Waals surface area contributed by atoms with Crippen LogP contribution in [0.5, 0.6) is 0 Å². The molecule has 0 saturated carbocycles. The van der Waals surface area contributed by atoms with Crippen molar-refractivity contribution in [3.05, 3.63) is 35.5 Å². The molecule has 4 nitrogen and oxygen atoms in total. The van der Waals surface area contributed by atoms with Crippen molar-refractivity contribution in [1.82, 2.24) is 10.3 Å². The lowest BCUT2D eigenvalue weighted by molar-refractivity contribution is 0.0949. The van der Waals surface area contributed by atoms with Gasteiger partial charge in [0, 0.05) is 17.6 Å². The van der Waals surface area contributed by atoms with Crippen LogP contribution < -0.4 is 11.1 Å². The number of carbonyl (C=O) groups is 1. The van der Waals surface area contributed by atoms with Crippen LogP contribution in [0.15, 0.2) is 24.3 Å². The first-order valence-corrected chi connectivity index (χ1v) is 8.13. The highest BCUT2D eigenvalue weighted by atomic mass is 16.1. The zero-order chi connectivity index (χ0) is 15.9. The number of fused-ring (bicyclic) bond motifs is 1. The van der Waals surface area contributed by atoms with Crippen LogP contribution in [0.25, 0.3) is 10.9 Å². The average Bonchev–Trinajstić information content (AvgIpc) is 2.53. The number of aromatic nitrogens is 1. The summed E-state index contributed by atoms with van der Waals surface area (Å²) in [4.78, 5) is 16.7. The monoisotopic (exact) mass is 299 g/mol. The highest BCUT2D eigenvalue weighted by Crippen LogP contribution is 2.25. The lowest BCUT2D eigenvalue weighted by Crippen LogP contribution is -2.25. The Morgan fingerprint density at radius 1 is 1.23 bits per heavy atom. The number of nitrogen functional groups attached to an aromatic ring is 1. The maximum atomic E-state index is 12.1. The number of pyridine rings is 1. The second kappa shape index (κ2) is 7.78. The molecule has 1 aromatic carbocycles. The smallest absolute Gasteiger partial charge is 0.269 e. The summed E-state index contributed by atoms with van der Waals surface area (Å²) < 4.78 is 0. The quantitative estimate of drug-likeness (QED) is 0.766. The maximum Gasteiger partial charge on any atom is 0.269 e. The molecule has 1 heterocycles. The van der Waals surface area contributed by atoms with Crippen LogP contribution in [-0.4, -0.2) is 17.4 Å². The van der Waals surface area contributed by atoms with E-state index in [0.29, 0.717) is 17.9 Å². The Labute approximate surface area is 132 Å². The van der Waals surface area contributed by atoms with Crippen molar-refractivity contribution in [3.63, 3.8) is 0 Å². The summed E-state index contributed by atoms with van der Waals surface area (Å²) in [5, 5.41) is 3.79. The topological polar surface area (TPSA) is 68.0 Å². The molecule has 0 aliphatic rings. The SMILES string of the molecule is CCCCCc1cccc2c(N)cc(C(=O)NCCC)nc12. The summed E-state index contributed by atoms with van der Waals surface area (Å²) in [7, 11) is 0. The number of nitrogens with one attached hydrogen (secondary N) is 1. The van der Waals surface area contributed by atoms with E-state index in [1.54, 1.807) is 6.07 Å². The minimum absolute atomic E-state index is 0.154. The Bertz CT molecular complexity index is 652.